The van der Waals surface area contributed by atoms with Gasteiger partial charge in [-0.2, -0.15) is 17.4 Å². The van der Waals surface area contributed by atoms with Crippen molar-refractivity contribution in [1.82, 2.24) is 9.03 Å². The maximum atomic E-state index is 11.8. The molecule has 0 unspecified atom stereocenters. The number of hydrogen-bond donors (Lipinski definition) is 1. The van der Waals surface area contributed by atoms with E-state index in [2.05, 4.69) is 4.72 Å². The Morgan fingerprint density at radius 2 is 1.67 bits per heavy atom. The zero-order valence-electron chi connectivity index (χ0n) is 11.4. The molecule has 1 rings (SSSR count). The van der Waals surface area contributed by atoms with Crippen LogP contribution in [0.1, 0.15) is 19.4 Å². The van der Waals surface area contributed by atoms with Crippen LogP contribution in [0.5, 0.6) is 5.75 Å². The Hall–Kier alpha value is -1.11. The van der Waals surface area contributed by atoms with E-state index in [9.17, 15) is 8.42 Å². The maximum Gasteiger partial charge on any atom is 0.279 e. The average molecular weight is 272 g/mol. The van der Waals surface area contributed by atoms with E-state index >= 15 is 0 Å². The molecule has 0 aromatic heterocycles. The molecule has 1 aromatic carbocycles. The lowest BCUT2D eigenvalue weighted by molar-refractivity contribution is 0.412. The Kier molecular flexibility index (Phi) is 4.37. The summed E-state index contributed by atoms with van der Waals surface area (Å²) in [5.74, 6) is 0.741. The number of nitrogens with zero attached hydrogens (tertiary/aromatic N) is 1. The molecule has 0 saturated heterocycles. The summed E-state index contributed by atoms with van der Waals surface area (Å²) in [5, 5.41) is 0. The fourth-order valence-corrected chi connectivity index (χ4v) is 2.43. The van der Waals surface area contributed by atoms with E-state index in [-0.39, 0.29) is 0 Å². The van der Waals surface area contributed by atoms with Gasteiger partial charge in [0.05, 0.1) is 12.6 Å². The molecule has 1 aromatic rings. The lowest BCUT2D eigenvalue weighted by Crippen LogP contribution is -2.46. The van der Waals surface area contributed by atoms with Crippen molar-refractivity contribution in [2.75, 3.05) is 21.2 Å². The van der Waals surface area contributed by atoms with E-state index in [0.717, 1.165) is 15.6 Å². The first kappa shape index (κ1) is 14.9. The fourth-order valence-electron chi connectivity index (χ4n) is 1.48. The first-order chi connectivity index (χ1) is 8.19. The summed E-state index contributed by atoms with van der Waals surface area (Å²) in [7, 11) is 1.11. The van der Waals surface area contributed by atoms with Gasteiger partial charge in [-0.3, -0.25) is 0 Å². The molecular weight excluding hydrogens is 252 g/mol. The molecule has 0 saturated carbocycles. The molecule has 102 valence electrons. The third kappa shape index (κ3) is 3.44. The molecule has 0 aliphatic carbocycles. The third-order valence-electron chi connectivity index (χ3n) is 2.68. The van der Waals surface area contributed by atoms with Gasteiger partial charge in [-0.25, -0.2) is 0 Å². The van der Waals surface area contributed by atoms with Crippen molar-refractivity contribution in [1.29, 1.82) is 0 Å². The lowest BCUT2D eigenvalue weighted by Gasteiger charge is -2.28. The van der Waals surface area contributed by atoms with E-state index < -0.39 is 15.7 Å². The molecule has 0 amide bonds. The Balaban J connectivity index is 2.99. The molecule has 6 heteroatoms. The number of rotatable bonds is 5. The summed E-state index contributed by atoms with van der Waals surface area (Å²) in [5.41, 5.74) is 0.184. The Bertz CT molecular complexity index is 493. The van der Waals surface area contributed by atoms with Crippen LogP contribution in [0.25, 0.3) is 0 Å². The first-order valence-corrected chi connectivity index (χ1v) is 6.99. The van der Waals surface area contributed by atoms with Gasteiger partial charge in [0.15, 0.2) is 0 Å². The standard InChI is InChI=1S/C12H20N2O3S/c1-12(2,13-18(15,16)14(3)4)10-6-8-11(17-5)9-7-10/h6-9,13H,1-5H3. The highest BCUT2D eigenvalue weighted by Gasteiger charge is 2.27. The van der Waals surface area contributed by atoms with Crippen molar-refractivity contribution in [3.63, 3.8) is 0 Å². The van der Waals surface area contributed by atoms with Crippen LogP contribution in [0.15, 0.2) is 24.3 Å². The minimum absolute atomic E-state index is 0.685. The van der Waals surface area contributed by atoms with E-state index in [0.29, 0.717) is 0 Å². The van der Waals surface area contributed by atoms with Crippen LogP contribution in [0, 0.1) is 0 Å². The van der Waals surface area contributed by atoms with E-state index in [1.807, 2.05) is 26.0 Å². The van der Waals surface area contributed by atoms with Gasteiger partial charge in [-0.15, -0.1) is 0 Å². The number of nitrogens with one attached hydrogen (secondary N) is 1. The lowest BCUT2D eigenvalue weighted by atomic mass is 9.96. The van der Waals surface area contributed by atoms with Crippen molar-refractivity contribution in [3.8, 4) is 5.75 Å². The van der Waals surface area contributed by atoms with Crippen molar-refractivity contribution in [2.45, 2.75) is 19.4 Å². The molecule has 0 fully saturated rings. The minimum atomic E-state index is -3.47. The molecule has 18 heavy (non-hydrogen) atoms. The van der Waals surface area contributed by atoms with Crippen molar-refractivity contribution in [3.05, 3.63) is 29.8 Å². The van der Waals surface area contributed by atoms with Crippen LogP contribution in [0.3, 0.4) is 0 Å². The van der Waals surface area contributed by atoms with E-state index in [4.69, 9.17) is 4.74 Å². The van der Waals surface area contributed by atoms with Crippen LogP contribution >= 0.6 is 0 Å². The van der Waals surface area contributed by atoms with Gasteiger partial charge in [0, 0.05) is 14.1 Å². The molecule has 0 aliphatic heterocycles. The van der Waals surface area contributed by atoms with Gasteiger partial charge >= 0.3 is 0 Å². The number of hydrogen-bond acceptors (Lipinski definition) is 3. The predicted octanol–water partition coefficient (Wildman–Crippen LogP) is 1.33. The van der Waals surface area contributed by atoms with E-state index in [1.54, 1.807) is 19.2 Å². The number of benzene rings is 1. The summed E-state index contributed by atoms with van der Waals surface area (Å²) in [6, 6.07) is 7.30. The zero-order valence-corrected chi connectivity index (χ0v) is 12.2. The predicted molar refractivity (Wildman–Crippen MR) is 71.8 cm³/mol. The fraction of sp³-hybridized carbons (Fsp3) is 0.500. The smallest absolute Gasteiger partial charge is 0.279 e. The van der Waals surface area contributed by atoms with Gasteiger partial charge in [0.25, 0.3) is 10.2 Å². The molecule has 0 spiro atoms. The molecule has 0 bridgehead atoms. The monoisotopic (exact) mass is 272 g/mol. The molecule has 5 nitrogen and oxygen atoms in total. The van der Waals surface area contributed by atoms with Crippen molar-refractivity contribution in [2.24, 2.45) is 0 Å². The second-order valence-electron chi connectivity index (χ2n) is 4.74. The summed E-state index contributed by atoms with van der Waals surface area (Å²) < 4.78 is 32.5. The van der Waals surface area contributed by atoms with Gasteiger partial charge in [0.2, 0.25) is 0 Å². The van der Waals surface area contributed by atoms with Gasteiger partial charge in [-0.05, 0) is 31.5 Å². The third-order valence-corrected chi connectivity index (χ3v) is 4.41. The Morgan fingerprint density at radius 3 is 2.06 bits per heavy atom. The summed E-state index contributed by atoms with van der Waals surface area (Å²) >= 11 is 0. The zero-order chi connectivity index (χ0) is 14.0. The molecule has 0 atom stereocenters. The highest BCUT2D eigenvalue weighted by atomic mass is 32.2. The molecular formula is C12H20N2O3S. The van der Waals surface area contributed by atoms with Gasteiger partial charge < -0.3 is 4.74 Å². The quantitative estimate of drug-likeness (QED) is 0.879. The highest BCUT2D eigenvalue weighted by molar-refractivity contribution is 7.87. The van der Waals surface area contributed by atoms with Crippen LogP contribution in [-0.2, 0) is 15.7 Å². The normalized spacial score (nSPS) is 12.8. The number of methoxy groups -OCH3 is 1. The largest absolute Gasteiger partial charge is 0.497 e. The minimum Gasteiger partial charge on any atom is -0.497 e. The Morgan fingerprint density at radius 1 is 1.17 bits per heavy atom. The van der Waals surface area contributed by atoms with Gasteiger partial charge in [-0.1, -0.05) is 12.1 Å². The maximum absolute atomic E-state index is 11.8. The van der Waals surface area contributed by atoms with Crippen molar-refractivity contribution >= 4 is 10.2 Å². The first-order valence-electron chi connectivity index (χ1n) is 5.55. The van der Waals surface area contributed by atoms with Crippen molar-refractivity contribution < 1.29 is 13.2 Å². The van der Waals surface area contributed by atoms with Crippen LogP contribution in [-0.4, -0.2) is 33.9 Å². The topological polar surface area (TPSA) is 58.6 Å². The molecule has 0 aliphatic rings. The van der Waals surface area contributed by atoms with E-state index in [1.165, 1.54) is 14.1 Å². The highest BCUT2D eigenvalue weighted by Crippen LogP contribution is 2.23. The second-order valence-corrected chi connectivity index (χ2v) is 6.63. The molecule has 0 heterocycles. The second kappa shape index (κ2) is 5.26. The van der Waals surface area contributed by atoms with Gasteiger partial charge in [0.1, 0.15) is 5.75 Å². The van der Waals surface area contributed by atoms with Crippen LogP contribution in [0.4, 0.5) is 0 Å². The summed E-state index contributed by atoms with van der Waals surface area (Å²) in [6.45, 7) is 3.63. The summed E-state index contributed by atoms with van der Waals surface area (Å²) in [6.07, 6.45) is 0. The summed E-state index contributed by atoms with van der Waals surface area (Å²) in [4.78, 5) is 0. The van der Waals surface area contributed by atoms with Crippen LogP contribution in [0.2, 0.25) is 0 Å². The average Bonchev–Trinajstić information content (AvgIpc) is 2.27. The molecule has 0 radical (unpaired) electrons. The number of ether oxygens (including phenoxy) is 1. The Labute approximate surface area is 109 Å². The van der Waals surface area contributed by atoms with Crippen LogP contribution < -0.4 is 9.46 Å². The SMILES string of the molecule is COc1ccc(C(C)(C)NS(=O)(=O)N(C)C)cc1. The molecule has 1 N–H and O–H groups in total.